The van der Waals surface area contributed by atoms with Crippen LogP contribution in [0.2, 0.25) is 0 Å². The number of aryl methyl sites for hydroxylation is 1. The molecule has 0 unspecified atom stereocenters. The summed E-state index contributed by atoms with van der Waals surface area (Å²) in [5.74, 6) is -0.110. The van der Waals surface area contributed by atoms with Crippen LogP contribution < -0.4 is 0 Å². The van der Waals surface area contributed by atoms with Crippen molar-refractivity contribution < 1.29 is 9.90 Å². The quantitative estimate of drug-likeness (QED) is 0.858. The Labute approximate surface area is 127 Å². The molecule has 0 fully saturated rings. The van der Waals surface area contributed by atoms with E-state index in [4.69, 9.17) is 0 Å². The molecule has 104 valence electrons. The lowest BCUT2D eigenvalue weighted by molar-refractivity contribution is -0.113. The normalized spacial score (nSPS) is 16.3. The van der Waals surface area contributed by atoms with E-state index in [0.717, 1.165) is 5.56 Å². The highest BCUT2D eigenvalue weighted by Gasteiger charge is 2.23. The molecule has 1 amide bonds. The third-order valence-electron chi connectivity index (χ3n) is 3.14. The van der Waals surface area contributed by atoms with Crippen molar-refractivity contribution in [2.75, 3.05) is 0 Å². The number of nitrogens with zero attached hydrogens (tertiary/aromatic N) is 1. The Morgan fingerprint density at radius 3 is 2.52 bits per heavy atom. The molecule has 0 radical (unpaired) electrons. The average Bonchev–Trinajstić information content (AvgIpc) is 2.83. The Morgan fingerprint density at radius 1 is 1.10 bits per heavy atom. The summed E-state index contributed by atoms with van der Waals surface area (Å²) in [5, 5.41) is 10.5. The van der Waals surface area contributed by atoms with Crippen molar-refractivity contribution in [1.82, 2.24) is 0 Å². The van der Waals surface area contributed by atoms with Crippen LogP contribution >= 0.6 is 11.8 Å². The zero-order valence-corrected chi connectivity index (χ0v) is 12.2. The van der Waals surface area contributed by atoms with Crippen molar-refractivity contribution in [2.45, 2.75) is 6.92 Å². The lowest BCUT2D eigenvalue weighted by Crippen LogP contribution is -1.90. The number of phenolic OH excluding ortho intramolecular Hbond substituents is 1. The van der Waals surface area contributed by atoms with E-state index in [0.29, 0.717) is 15.5 Å². The van der Waals surface area contributed by atoms with Crippen LogP contribution in [0.3, 0.4) is 0 Å². The summed E-state index contributed by atoms with van der Waals surface area (Å²) in [7, 11) is 0. The van der Waals surface area contributed by atoms with Gasteiger partial charge < -0.3 is 5.11 Å². The number of phenols is 1. The average molecular weight is 295 g/mol. The van der Waals surface area contributed by atoms with E-state index in [9.17, 15) is 9.90 Å². The number of amides is 1. The summed E-state index contributed by atoms with van der Waals surface area (Å²) < 4.78 is 0. The van der Waals surface area contributed by atoms with Crippen LogP contribution in [0.4, 0.5) is 0 Å². The Kier molecular flexibility index (Phi) is 3.62. The van der Waals surface area contributed by atoms with Crippen molar-refractivity contribution >= 4 is 28.8 Å². The maximum absolute atomic E-state index is 12.0. The minimum absolute atomic E-state index is 0.155. The van der Waals surface area contributed by atoms with Crippen LogP contribution in [0.5, 0.6) is 5.75 Å². The van der Waals surface area contributed by atoms with E-state index in [1.54, 1.807) is 24.3 Å². The summed E-state index contributed by atoms with van der Waals surface area (Å²) in [6.45, 7) is 2.02. The Balaban J connectivity index is 1.88. The van der Waals surface area contributed by atoms with Gasteiger partial charge in [-0.2, -0.15) is 0 Å². The molecule has 0 spiro atoms. The highest BCUT2D eigenvalue weighted by Crippen LogP contribution is 2.33. The summed E-state index contributed by atoms with van der Waals surface area (Å²) in [6, 6.07) is 14.8. The number of thioether (sulfide) groups is 1. The lowest BCUT2D eigenvalue weighted by Gasteiger charge is -2.01. The van der Waals surface area contributed by atoms with Crippen LogP contribution in [-0.2, 0) is 4.79 Å². The third-order valence-corrected chi connectivity index (χ3v) is 4.18. The zero-order valence-electron chi connectivity index (χ0n) is 11.4. The summed E-state index contributed by atoms with van der Waals surface area (Å²) in [4.78, 5) is 16.6. The van der Waals surface area contributed by atoms with Crippen molar-refractivity contribution in [3.8, 4) is 5.75 Å². The molecule has 2 aromatic rings. The second-order valence-electron chi connectivity index (χ2n) is 4.76. The van der Waals surface area contributed by atoms with Gasteiger partial charge >= 0.3 is 0 Å². The van der Waals surface area contributed by atoms with Crippen LogP contribution in [-0.4, -0.2) is 16.1 Å². The van der Waals surface area contributed by atoms with Gasteiger partial charge in [0.15, 0.2) is 0 Å². The van der Waals surface area contributed by atoms with E-state index in [1.165, 1.54) is 17.3 Å². The van der Waals surface area contributed by atoms with Gasteiger partial charge in [-0.25, -0.2) is 4.99 Å². The van der Waals surface area contributed by atoms with Gasteiger partial charge in [-0.3, -0.25) is 4.79 Å². The number of carbonyl (C=O) groups excluding carboxylic acids is 1. The summed E-state index contributed by atoms with van der Waals surface area (Å²) >= 11 is 1.33. The molecule has 1 aliphatic heterocycles. The first-order chi connectivity index (χ1) is 10.1. The SMILES string of the molecule is Cc1ccc(C2=NC(=O)/C(=C/c3ccccc3O)S2)cc1. The van der Waals surface area contributed by atoms with Crippen molar-refractivity contribution in [1.29, 1.82) is 0 Å². The van der Waals surface area contributed by atoms with Crippen LogP contribution in [0.15, 0.2) is 58.4 Å². The predicted molar refractivity (Wildman–Crippen MR) is 86.4 cm³/mol. The molecular formula is C17H13NO2S. The van der Waals surface area contributed by atoms with E-state index in [-0.39, 0.29) is 11.7 Å². The largest absolute Gasteiger partial charge is 0.507 e. The van der Waals surface area contributed by atoms with Gasteiger partial charge in [-0.1, -0.05) is 59.8 Å². The fraction of sp³-hybridized carbons (Fsp3) is 0.0588. The van der Waals surface area contributed by atoms with Crippen LogP contribution in [0, 0.1) is 6.92 Å². The minimum Gasteiger partial charge on any atom is -0.507 e. The standard InChI is InChI=1S/C17H13NO2S/c1-11-6-8-12(9-7-11)17-18-16(20)15(21-17)10-13-4-2-3-5-14(13)19/h2-10,19H,1H3/b15-10-. The van der Waals surface area contributed by atoms with Crippen LogP contribution in [0.1, 0.15) is 16.7 Å². The summed E-state index contributed by atoms with van der Waals surface area (Å²) in [6.07, 6.45) is 1.67. The van der Waals surface area contributed by atoms with Gasteiger partial charge in [0.1, 0.15) is 10.8 Å². The second kappa shape index (κ2) is 5.58. The molecule has 1 N–H and O–H groups in total. The fourth-order valence-electron chi connectivity index (χ4n) is 1.98. The van der Waals surface area contributed by atoms with Gasteiger partial charge in [0.05, 0.1) is 4.91 Å². The lowest BCUT2D eigenvalue weighted by atomic mass is 10.2. The monoisotopic (exact) mass is 295 g/mol. The molecule has 0 aliphatic carbocycles. The molecule has 1 heterocycles. The first kappa shape index (κ1) is 13.6. The molecule has 0 saturated carbocycles. The van der Waals surface area contributed by atoms with Gasteiger partial charge in [0.2, 0.25) is 0 Å². The predicted octanol–water partition coefficient (Wildman–Crippen LogP) is 3.76. The zero-order chi connectivity index (χ0) is 14.8. The van der Waals surface area contributed by atoms with Crippen molar-refractivity contribution in [3.63, 3.8) is 0 Å². The minimum atomic E-state index is -0.265. The highest BCUT2D eigenvalue weighted by atomic mass is 32.2. The van der Waals surface area contributed by atoms with Gasteiger partial charge in [-0.15, -0.1) is 0 Å². The molecule has 0 saturated heterocycles. The molecule has 3 rings (SSSR count). The summed E-state index contributed by atoms with van der Waals surface area (Å²) in [5.41, 5.74) is 2.71. The van der Waals surface area contributed by atoms with Gasteiger partial charge in [-0.05, 0) is 19.1 Å². The van der Waals surface area contributed by atoms with E-state index in [2.05, 4.69) is 4.99 Å². The number of hydrogen-bond donors (Lipinski definition) is 1. The maximum Gasteiger partial charge on any atom is 0.284 e. The fourth-order valence-corrected chi connectivity index (χ4v) is 2.89. The molecule has 0 bridgehead atoms. The number of carbonyl (C=O) groups is 1. The molecular weight excluding hydrogens is 282 g/mol. The van der Waals surface area contributed by atoms with Crippen molar-refractivity contribution in [2.24, 2.45) is 4.99 Å². The molecule has 0 aromatic heterocycles. The number of para-hydroxylation sites is 1. The van der Waals surface area contributed by atoms with E-state index >= 15 is 0 Å². The smallest absolute Gasteiger partial charge is 0.284 e. The first-order valence-electron chi connectivity index (χ1n) is 6.51. The number of aliphatic imine (C=N–C) groups is 1. The Morgan fingerprint density at radius 2 is 1.81 bits per heavy atom. The van der Waals surface area contributed by atoms with Gasteiger partial charge in [0, 0.05) is 11.1 Å². The second-order valence-corrected chi connectivity index (χ2v) is 5.79. The topological polar surface area (TPSA) is 49.7 Å². The van der Waals surface area contributed by atoms with Crippen molar-refractivity contribution in [3.05, 3.63) is 70.1 Å². The molecule has 2 aromatic carbocycles. The van der Waals surface area contributed by atoms with E-state index < -0.39 is 0 Å². The Hall–Kier alpha value is -2.33. The maximum atomic E-state index is 12.0. The Bertz CT molecular complexity index is 761. The first-order valence-corrected chi connectivity index (χ1v) is 7.33. The van der Waals surface area contributed by atoms with E-state index in [1.807, 2.05) is 37.3 Å². The number of rotatable bonds is 2. The number of hydrogen-bond acceptors (Lipinski definition) is 3. The third kappa shape index (κ3) is 2.90. The van der Waals surface area contributed by atoms with Gasteiger partial charge in [0.25, 0.3) is 5.91 Å². The molecule has 1 aliphatic rings. The highest BCUT2D eigenvalue weighted by molar-refractivity contribution is 8.19. The number of benzene rings is 2. The molecule has 4 heteroatoms. The number of aromatic hydroxyl groups is 1. The molecule has 0 atom stereocenters. The molecule has 3 nitrogen and oxygen atoms in total. The molecule has 21 heavy (non-hydrogen) atoms. The van der Waals surface area contributed by atoms with Crippen LogP contribution in [0.25, 0.3) is 6.08 Å².